The van der Waals surface area contributed by atoms with Gasteiger partial charge in [-0.25, -0.2) is 4.39 Å². The number of hydrogen-bond donors (Lipinski definition) is 2. The maximum absolute atomic E-state index is 12.7. The highest BCUT2D eigenvalue weighted by Gasteiger charge is 2.08. The Morgan fingerprint density at radius 1 is 1.18 bits per heavy atom. The largest absolute Gasteiger partial charge is 0.493 e. The van der Waals surface area contributed by atoms with E-state index in [9.17, 15) is 9.18 Å². The van der Waals surface area contributed by atoms with Crippen LogP contribution in [0.2, 0.25) is 10.0 Å². The number of ether oxygens (including phenoxy) is 1. The van der Waals surface area contributed by atoms with Crippen LogP contribution in [0.4, 0.5) is 15.8 Å². The van der Waals surface area contributed by atoms with E-state index in [0.717, 1.165) is 0 Å². The molecule has 0 heterocycles. The van der Waals surface area contributed by atoms with Crippen LogP contribution in [0.25, 0.3) is 0 Å². The Kier molecular flexibility index (Phi) is 5.46. The molecule has 0 aliphatic carbocycles. The Labute approximate surface area is 137 Å². The van der Waals surface area contributed by atoms with Crippen molar-refractivity contribution >= 4 is 40.5 Å². The summed E-state index contributed by atoms with van der Waals surface area (Å²) < 4.78 is 18.1. The standard InChI is InChI=1S/C15H13Cl2FN2O2/c16-12-7-10(8-13(17)15(12)19)20-14(21)5-6-22-11-3-1-9(18)2-4-11/h1-4,7-8H,5-6,19H2,(H,20,21). The molecule has 22 heavy (non-hydrogen) atoms. The normalized spacial score (nSPS) is 10.3. The number of hydrogen-bond acceptors (Lipinski definition) is 3. The first-order chi connectivity index (χ1) is 10.5. The van der Waals surface area contributed by atoms with Crippen LogP contribution < -0.4 is 15.8 Å². The average Bonchev–Trinajstić information content (AvgIpc) is 2.47. The summed E-state index contributed by atoms with van der Waals surface area (Å²) in [4.78, 5) is 11.8. The molecule has 2 rings (SSSR count). The molecule has 0 bridgehead atoms. The van der Waals surface area contributed by atoms with Gasteiger partial charge in [-0.2, -0.15) is 0 Å². The molecule has 0 aromatic heterocycles. The summed E-state index contributed by atoms with van der Waals surface area (Å²) in [5, 5.41) is 3.18. The van der Waals surface area contributed by atoms with Crippen molar-refractivity contribution in [2.75, 3.05) is 17.7 Å². The Hall–Kier alpha value is -1.98. The maximum atomic E-state index is 12.7. The van der Waals surface area contributed by atoms with E-state index in [1.807, 2.05) is 0 Å². The Morgan fingerprint density at radius 2 is 1.77 bits per heavy atom. The fraction of sp³-hybridized carbons (Fsp3) is 0.133. The molecule has 0 fully saturated rings. The van der Waals surface area contributed by atoms with Gasteiger partial charge >= 0.3 is 0 Å². The number of benzene rings is 2. The molecule has 2 aromatic rings. The number of nitrogens with two attached hydrogens (primary N) is 1. The van der Waals surface area contributed by atoms with Crippen molar-refractivity contribution in [3.8, 4) is 5.75 Å². The van der Waals surface area contributed by atoms with Crippen molar-refractivity contribution in [2.24, 2.45) is 0 Å². The summed E-state index contributed by atoms with van der Waals surface area (Å²) in [6.45, 7) is 0.161. The summed E-state index contributed by atoms with van der Waals surface area (Å²) >= 11 is 11.8. The monoisotopic (exact) mass is 342 g/mol. The lowest BCUT2D eigenvalue weighted by Crippen LogP contribution is -2.15. The predicted octanol–water partition coefficient (Wildman–Crippen LogP) is 4.12. The third-order valence-electron chi connectivity index (χ3n) is 2.77. The van der Waals surface area contributed by atoms with Crippen molar-refractivity contribution in [3.05, 3.63) is 52.3 Å². The van der Waals surface area contributed by atoms with E-state index >= 15 is 0 Å². The third-order valence-corrected chi connectivity index (χ3v) is 3.40. The molecule has 3 N–H and O–H groups in total. The topological polar surface area (TPSA) is 64.3 Å². The lowest BCUT2D eigenvalue weighted by Gasteiger charge is -2.09. The van der Waals surface area contributed by atoms with E-state index in [4.69, 9.17) is 33.7 Å². The smallest absolute Gasteiger partial charge is 0.227 e. The molecule has 116 valence electrons. The van der Waals surface area contributed by atoms with Gasteiger partial charge < -0.3 is 15.8 Å². The number of nitrogens with one attached hydrogen (secondary N) is 1. The van der Waals surface area contributed by atoms with Gasteiger partial charge in [-0.1, -0.05) is 23.2 Å². The van der Waals surface area contributed by atoms with Crippen LogP contribution in [0.3, 0.4) is 0 Å². The second-order valence-corrected chi connectivity index (χ2v) is 5.27. The molecular formula is C15H13Cl2FN2O2. The van der Waals surface area contributed by atoms with E-state index in [1.165, 1.54) is 36.4 Å². The van der Waals surface area contributed by atoms with E-state index in [-0.39, 0.29) is 40.5 Å². The van der Waals surface area contributed by atoms with Gasteiger partial charge in [0.1, 0.15) is 11.6 Å². The van der Waals surface area contributed by atoms with E-state index in [2.05, 4.69) is 5.32 Å². The van der Waals surface area contributed by atoms with Crippen molar-refractivity contribution in [1.29, 1.82) is 0 Å². The first-order valence-corrected chi connectivity index (χ1v) is 7.14. The first kappa shape index (κ1) is 16.4. The van der Waals surface area contributed by atoms with Crippen molar-refractivity contribution in [3.63, 3.8) is 0 Å². The van der Waals surface area contributed by atoms with Crippen LogP contribution in [0.1, 0.15) is 6.42 Å². The summed E-state index contributed by atoms with van der Waals surface area (Å²) in [5.74, 6) is -0.117. The zero-order chi connectivity index (χ0) is 16.1. The van der Waals surface area contributed by atoms with Crippen LogP contribution in [-0.4, -0.2) is 12.5 Å². The molecule has 0 aliphatic rings. The van der Waals surface area contributed by atoms with Crippen LogP contribution in [0.15, 0.2) is 36.4 Å². The first-order valence-electron chi connectivity index (χ1n) is 6.38. The molecular weight excluding hydrogens is 330 g/mol. The Balaban J connectivity index is 1.84. The number of anilines is 2. The van der Waals surface area contributed by atoms with E-state index in [0.29, 0.717) is 11.4 Å². The van der Waals surface area contributed by atoms with Gasteiger partial charge in [0.2, 0.25) is 5.91 Å². The fourth-order valence-electron chi connectivity index (χ4n) is 1.67. The quantitative estimate of drug-likeness (QED) is 0.803. The fourth-order valence-corrected chi connectivity index (χ4v) is 2.16. The molecule has 1 amide bonds. The summed E-state index contributed by atoms with van der Waals surface area (Å²) in [6.07, 6.45) is 0.122. The number of carbonyl (C=O) groups is 1. The second kappa shape index (κ2) is 7.33. The molecule has 0 spiro atoms. The van der Waals surface area contributed by atoms with Crippen LogP contribution in [0, 0.1) is 5.82 Å². The predicted molar refractivity (Wildman–Crippen MR) is 86.0 cm³/mol. The second-order valence-electron chi connectivity index (χ2n) is 4.45. The van der Waals surface area contributed by atoms with Crippen molar-refractivity contribution in [1.82, 2.24) is 0 Å². The van der Waals surface area contributed by atoms with E-state index in [1.54, 1.807) is 0 Å². The van der Waals surface area contributed by atoms with Gasteiger partial charge in [-0.3, -0.25) is 4.79 Å². The van der Waals surface area contributed by atoms with Crippen LogP contribution in [0.5, 0.6) is 5.75 Å². The molecule has 0 unspecified atom stereocenters. The lowest BCUT2D eigenvalue weighted by atomic mass is 10.2. The number of nitrogen functional groups attached to an aromatic ring is 1. The number of carbonyl (C=O) groups excluding carboxylic acids is 1. The van der Waals surface area contributed by atoms with Crippen molar-refractivity contribution in [2.45, 2.75) is 6.42 Å². The van der Waals surface area contributed by atoms with Crippen LogP contribution >= 0.6 is 23.2 Å². The molecule has 0 aliphatic heterocycles. The Morgan fingerprint density at radius 3 is 2.36 bits per heavy atom. The summed E-state index contributed by atoms with van der Waals surface area (Å²) in [7, 11) is 0. The van der Waals surface area contributed by atoms with Crippen molar-refractivity contribution < 1.29 is 13.9 Å². The van der Waals surface area contributed by atoms with Gasteiger partial charge in [0.05, 0.1) is 28.8 Å². The molecule has 7 heteroatoms. The number of rotatable bonds is 5. The molecule has 0 saturated carbocycles. The number of halogens is 3. The molecule has 0 atom stereocenters. The zero-order valence-electron chi connectivity index (χ0n) is 11.4. The van der Waals surface area contributed by atoms with Gasteiger partial charge in [0.15, 0.2) is 0 Å². The van der Waals surface area contributed by atoms with Crippen LogP contribution in [-0.2, 0) is 4.79 Å². The minimum absolute atomic E-state index is 0.122. The highest BCUT2D eigenvalue weighted by atomic mass is 35.5. The zero-order valence-corrected chi connectivity index (χ0v) is 12.9. The average molecular weight is 343 g/mol. The summed E-state index contributed by atoms with van der Waals surface area (Å²) in [6, 6.07) is 8.59. The SMILES string of the molecule is Nc1c(Cl)cc(NC(=O)CCOc2ccc(F)cc2)cc1Cl. The minimum Gasteiger partial charge on any atom is -0.493 e. The molecule has 4 nitrogen and oxygen atoms in total. The van der Waals surface area contributed by atoms with Gasteiger partial charge in [0, 0.05) is 5.69 Å². The van der Waals surface area contributed by atoms with E-state index < -0.39 is 0 Å². The highest BCUT2D eigenvalue weighted by Crippen LogP contribution is 2.31. The lowest BCUT2D eigenvalue weighted by molar-refractivity contribution is -0.116. The molecule has 0 radical (unpaired) electrons. The van der Waals surface area contributed by atoms with Gasteiger partial charge in [-0.05, 0) is 36.4 Å². The molecule has 2 aromatic carbocycles. The third kappa shape index (κ3) is 4.51. The molecule has 0 saturated heterocycles. The van der Waals surface area contributed by atoms with Gasteiger partial charge in [-0.15, -0.1) is 0 Å². The summed E-state index contributed by atoms with van der Waals surface area (Å²) in [5.41, 5.74) is 6.33. The minimum atomic E-state index is -0.345. The van der Waals surface area contributed by atoms with Gasteiger partial charge in [0.25, 0.3) is 0 Å². The highest BCUT2D eigenvalue weighted by molar-refractivity contribution is 6.39. The maximum Gasteiger partial charge on any atom is 0.227 e. The number of amides is 1. The Bertz CT molecular complexity index is 655.